The molecule has 2 saturated heterocycles. The molecule has 0 spiro atoms. The largest absolute Gasteiger partial charge is 0.340 e. The Bertz CT molecular complexity index is 885. The number of likely N-dealkylation sites (tertiary alicyclic amines) is 1. The minimum Gasteiger partial charge on any atom is -0.340 e. The fourth-order valence-electron chi connectivity index (χ4n) is 7.90. The first kappa shape index (κ1) is 28.4. The molecular weight excluding hydrogens is 492 g/mol. The summed E-state index contributed by atoms with van der Waals surface area (Å²) in [5.74, 6) is 1.52. The molecule has 1 aromatic rings. The molecule has 4 aliphatic rings. The number of carbonyl (C=O) groups is 1. The van der Waals surface area contributed by atoms with Crippen molar-refractivity contribution in [3.8, 4) is 0 Å². The molecule has 6 heteroatoms. The second-order valence-corrected chi connectivity index (χ2v) is 13.5. The predicted molar refractivity (Wildman–Crippen MR) is 158 cm³/mol. The van der Waals surface area contributed by atoms with E-state index < -0.39 is 0 Å². The van der Waals surface area contributed by atoms with Gasteiger partial charge in [-0.05, 0) is 69.7 Å². The van der Waals surface area contributed by atoms with Gasteiger partial charge in [0.15, 0.2) is 0 Å². The number of nitrogens with zero attached hydrogens (tertiary/aromatic N) is 3. The van der Waals surface area contributed by atoms with E-state index in [1.165, 1.54) is 76.3 Å². The van der Waals surface area contributed by atoms with Gasteiger partial charge in [-0.25, -0.2) is 0 Å². The van der Waals surface area contributed by atoms with Crippen molar-refractivity contribution in [3.63, 3.8) is 0 Å². The van der Waals surface area contributed by atoms with Crippen molar-refractivity contribution in [2.75, 3.05) is 52.4 Å². The number of piperazine rings is 1. The Hall–Kier alpha value is -1.14. The number of halogens is 1. The van der Waals surface area contributed by atoms with Gasteiger partial charge in [0.25, 0.3) is 0 Å². The van der Waals surface area contributed by atoms with E-state index in [0.717, 1.165) is 56.8 Å². The van der Waals surface area contributed by atoms with Crippen molar-refractivity contribution in [1.29, 1.82) is 0 Å². The third kappa shape index (κ3) is 6.59. The van der Waals surface area contributed by atoms with Crippen LogP contribution in [0.4, 0.5) is 0 Å². The van der Waals surface area contributed by atoms with Gasteiger partial charge in [-0.1, -0.05) is 62.3 Å². The normalized spacial score (nSPS) is 27.7. The molecule has 38 heavy (non-hydrogen) atoms. The van der Waals surface area contributed by atoms with Crippen molar-refractivity contribution >= 4 is 17.5 Å². The average Bonchev–Trinajstić information content (AvgIpc) is 3.40. The predicted octanol–water partition coefficient (Wildman–Crippen LogP) is 5.78. The quantitative estimate of drug-likeness (QED) is 0.452. The lowest BCUT2D eigenvalue weighted by Crippen LogP contribution is -2.62. The second kappa shape index (κ2) is 13.0. The van der Waals surface area contributed by atoms with Gasteiger partial charge >= 0.3 is 0 Å². The lowest BCUT2D eigenvalue weighted by Gasteiger charge is -2.50. The smallest absolute Gasteiger partial charge is 0.227 e. The van der Waals surface area contributed by atoms with Gasteiger partial charge in [-0.2, -0.15) is 0 Å². The maximum absolute atomic E-state index is 14.0. The molecule has 0 radical (unpaired) electrons. The summed E-state index contributed by atoms with van der Waals surface area (Å²) in [6.07, 6.45) is 13.8. The first-order chi connectivity index (χ1) is 18.4. The van der Waals surface area contributed by atoms with Crippen LogP contribution in [0, 0.1) is 11.8 Å². The van der Waals surface area contributed by atoms with Crippen molar-refractivity contribution in [3.05, 3.63) is 34.9 Å². The Morgan fingerprint density at radius 3 is 2.26 bits per heavy atom. The van der Waals surface area contributed by atoms with E-state index in [1.54, 1.807) is 0 Å². The third-order valence-electron chi connectivity index (χ3n) is 10.4. The first-order valence-corrected chi connectivity index (χ1v) is 16.1. The summed E-state index contributed by atoms with van der Waals surface area (Å²) in [5.41, 5.74) is 1.54. The van der Waals surface area contributed by atoms with Gasteiger partial charge in [-0.15, -0.1) is 0 Å². The van der Waals surface area contributed by atoms with Gasteiger partial charge in [0.05, 0.1) is 5.92 Å². The molecule has 0 bridgehead atoms. The fourth-order valence-corrected chi connectivity index (χ4v) is 8.03. The van der Waals surface area contributed by atoms with Gasteiger partial charge in [-0.3, -0.25) is 14.6 Å². The van der Waals surface area contributed by atoms with E-state index in [0.29, 0.717) is 11.9 Å². The van der Waals surface area contributed by atoms with Crippen LogP contribution in [0.3, 0.4) is 0 Å². The number of carbonyl (C=O) groups excluding carboxylic acids is 1. The average molecular weight is 543 g/mol. The topological polar surface area (TPSA) is 38.8 Å². The van der Waals surface area contributed by atoms with Gasteiger partial charge in [0, 0.05) is 68.3 Å². The molecule has 4 fully saturated rings. The molecule has 5 nitrogen and oxygen atoms in total. The summed E-state index contributed by atoms with van der Waals surface area (Å²) in [5, 5.41) is 4.71. The molecule has 0 unspecified atom stereocenters. The summed E-state index contributed by atoms with van der Waals surface area (Å²) in [7, 11) is 0. The highest BCUT2D eigenvalue weighted by Crippen LogP contribution is 2.37. The summed E-state index contributed by atoms with van der Waals surface area (Å²) in [4.78, 5) is 21.4. The van der Waals surface area contributed by atoms with E-state index in [9.17, 15) is 4.79 Å². The molecule has 2 atom stereocenters. The minimum absolute atomic E-state index is 0.0333. The molecule has 2 aliphatic carbocycles. The van der Waals surface area contributed by atoms with E-state index in [1.807, 2.05) is 12.1 Å². The van der Waals surface area contributed by atoms with E-state index >= 15 is 0 Å². The standard InChI is InChI=1S/C32H51ClN4O/c1-25(2)36-22-29(27-11-13-28(33)14-12-27)30(23-36)31(38)35-17-19-37(20-18-35)32(15-7-4-8-16-32)24-34-21-26-9-5-3-6-10-26/h11-14,25-26,29-30,34H,3-10,15-24H2,1-2H3/t29-,30+/m1/s1. The molecule has 212 valence electrons. The number of nitrogens with one attached hydrogen (secondary N) is 1. The summed E-state index contributed by atoms with van der Waals surface area (Å²) >= 11 is 6.18. The molecule has 1 amide bonds. The number of rotatable bonds is 8. The molecule has 2 saturated carbocycles. The second-order valence-electron chi connectivity index (χ2n) is 13.0. The highest BCUT2D eigenvalue weighted by molar-refractivity contribution is 6.30. The Balaban J connectivity index is 1.20. The van der Waals surface area contributed by atoms with Crippen LogP contribution in [0.15, 0.2) is 24.3 Å². The Kier molecular flexibility index (Phi) is 9.73. The molecular formula is C32H51ClN4O. The van der Waals surface area contributed by atoms with Gasteiger partial charge in [0.2, 0.25) is 5.91 Å². The number of hydrogen-bond acceptors (Lipinski definition) is 4. The fraction of sp³-hybridized carbons (Fsp3) is 0.781. The van der Waals surface area contributed by atoms with Gasteiger partial charge < -0.3 is 10.2 Å². The first-order valence-electron chi connectivity index (χ1n) is 15.7. The lowest BCUT2D eigenvalue weighted by molar-refractivity contribution is -0.138. The number of benzene rings is 1. The van der Waals surface area contributed by atoms with Crippen molar-refractivity contribution in [2.45, 2.75) is 95.6 Å². The van der Waals surface area contributed by atoms with E-state index in [4.69, 9.17) is 11.6 Å². The molecule has 0 aromatic heterocycles. The van der Waals surface area contributed by atoms with Crippen LogP contribution in [0.1, 0.15) is 89.5 Å². The lowest BCUT2D eigenvalue weighted by atomic mass is 9.79. The van der Waals surface area contributed by atoms with Crippen LogP contribution in [0.5, 0.6) is 0 Å². The summed E-state index contributed by atoms with van der Waals surface area (Å²) in [6.45, 7) is 12.4. The maximum Gasteiger partial charge on any atom is 0.227 e. The van der Waals surface area contributed by atoms with Crippen LogP contribution >= 0.6 is 11.6 Å². The van der Waals surface area contributed by atoms with E-state index in [2.05, 4.69) is 46.0 Å². The van der Waals surface area contributed by atoms with Crippen LogP contribution in [0.25, 0.3) is 0 Å². The minimum atomic E-state index is 0.0333. The van der Waals surface area contributed by atoms with Gasteiger partial charge in [0.1, 0.15) is 0 Å². The van der Waals surface area contributed by atoms with E-state index in [-0.39, 0.29) is 17.4 Å². The van der Waals surface area contributed by atoms with Crippen LogP contribution in [-0.2, 0) is 4.79 Å². The Labute approximate surface area is 236 Å². The zero-order valence-corrected chi connectivity index (χ0v) is 24.7. The highest BCUT2D eigenvalue weighted by Gasteiger charge is 2.44. The van der Waals surface area contributed by atoms with Crippen molar-refractivity contribution in [2.24, 2.45) is 11.8 Å². The Morgan fingerprint density at radius 1 is 0.947 bits per heavy atom. The van der Waals surface area contributed by atoms with Crippen LogP contribution < -0.4 is 5.32 Å². The molecule has 1 aromatic carbocycles. The molecule has 2 heterocycles. The summed E-state index contributed by atoms with van der Waals surface area (Å²) < 4.78 is 0. The van der Waals surface area contributed by atoms with Crippen molar-refractivity contribution < 1.29 is 4.79 Å². The third-order valence-corrected chi connectivity index (χ3v) is 10.6. The van der Waals surface area contributed by atoms with Crippen molar-refractivity contribution in [1.82, 2.24) is 20.0 Å². The number of amides is 1. The SMILES string of the molecule is CC(C)N1C[C@H](C(=O)N2CCN(C3(CNCC4CCCCC4)CCCCC3)CC2)[C@@H](c2ccc(Cl)cc2)C1. The molecule has 1 N–H and O–H groups in total. The summed E-state index contributed by atoms with van der Waals surface area (Å²) in [6, 6.07) is 8.65. The van der Waals surface area contributed by atoms with Crippen LogP contribution in [-0.4, -0.2) is 84.5 Å². The zero-order chi connectivity index (χ0) is 26.5. The highest BCUT2D eigenvalue weighted by atomic mass is 35.5. The number of hydrogen-bond donors (Lipinski definition) is 1. The molecule has 2 aliphatic heterocycles. The zero-order valence-electron chi connectivity index (χ0n) is 24.0. The van der Waals surface area contributed by atoms with Crippen LogP contribution in [0.2, 0.25) is 5.02 Å². The maximum atomic E-state index is 14.0. The molecule has 5 rings (SSSR count). The monoisotopic (exact) mass is 542 g/mol. The Morgan fingerprint density at radius 2 is 1.61 bits per heavy atom.